The first-order valence-corrected chi connectivity index (χ1v) is 7.55. The van der Waals surface area contributed by atoms with Crippen LogP contribution in [0.5, 0.6) is 0 Å². The molecule has 0 aliphatic carbocycles. The van der Waals surface area contributed by atoms with E-state index in [9.17, 15) is 16.8 Å². The van der Waals surface area contributed by atoms with Gasteiger partial charge in [-0.15, -0.1) is 0 Å². The van der Waals surface area contributed by atoms with Crippen molar-refractivity contribution in [1.82, 2.24) is 4.72 Å². The van der Waals surface area contributed by atoms with E-state index in [1.165, 1.54) is 24.3 Å². The summed E-state index contributed by atoms with van der Waals surface area (Å²) in [6.07, 6.45) is 0. The summed E-state index contributed by atoms with van der Waals surface area (Å²) in [5.41, 5.74) is 0.857. The third-order valence-corrected chi connectivity index (χ3v) is 6.59. The second-order valence-electron chi connectivity index (χ2n) is 2.93. The first kappa shape index (κ1) is 12.2. The normalized spacial score (nSPS) is 12.7. The molecule has 1 aromatic rings. The molecule has 7 heteroatoms. The first-order chi connectivity index (χ1) is 6.81. The lowest BCUT2D eigenvalue weighted by atomic mass is 10.2. The van der Waals surface area contributed by atoms with Crippen molar-refractivity contribution >= 4 is 17.9 Å². The summed E-state index contributed by atoms with van der Waals surface area (Å²) in [7, 11) is -7.63. The van der Waals surface area contributed by atoms with Gasteiger partial charge in [0.05, 0.1) is 4.90 Å². The molecule has 0 unspecified atom stereocenters. The lowest BCUT2D eigenvalue weighted by Crippen LogP contribution is -2.27. The predicted molar refractivity (Wildman–Crippen MR) is 56.3 cm³/mol. The van der Waals surface area contributed by atoms with Gasteiger partial charge in [-0.25, -0.2) is 13.1 Å². The Bertz CT molecular complexity index is 543. The third kappa shape index (κ3) is 2.19. The molecule has 0 aromatic heterocycles. The van der Waals surface area contributed by atoms with Gasteiger partial charge in [-0.1, -0.05) is 17.7 Å². The highest BCUT2D eigenvalue weighted by molar-refractivity contribution is 8.66. The van der Waals surface area contributed by atoms with Crippen molar-refractivity contribution in [2.75, 3.05) is 7.05 Å². The topological polar surface area (TPSA) is 80.3 Å². The Balaban J connectivity index is 3.37. The van der Waals surface area contributed by atoms with E-state index < -0.39 is 17.9 Å². The zero-order chi connectivity index (χ0) is 11.7. The Hall–Kier alpha value is -0.920. The molecule has 0 fully saturated rings. The Morgan fingerprint density at radius 2 is 1.47 bits per heavy atom. The van der Waals surface area contributed by atoms with Crippen molar-refractivity contribution in [1.29, 1.82) is 0 Å². The quantitative estimate of drug-likeness (QED) is 0.778. The maximum atomic E-state index is 11.5. The zero-order valence-electron chi connectivity index (χ0n) is 8.26. The first-order valence-electron chi connectivity index (χ1n) is 4.06. The standard InChI is InChI=1S/C8H11NO4S2/c1-7-3-5-8(6-4-7)14(10,11)15(12,13)9-2/h3-6,9H,1-2H3. The van der Waals surface area contributed by atoms with Gasteiger partial charge in [-0.3, -0.25) is 0 Å². The van der Waals surface area contributed by atoms with Gasteiger partial charge >= 0.3 is 9.06 Å². The van der Waals surface area contributed by atoms with E-state index in [0.717, 1.165) is 12.6 Å². The fourth-order valence-electron chi connectivity index (χ4n) is 0.941. The Kier molecular flexibility index (Phi) is 3.17. The highest BCUT2D eigenvalue weighted by Gasteiger charge is 2.29. The van der Waals surface area contributed by atoms with Gasteiger partial charge < -0.3 is 0 Å². The minimum absolute atomic E-state index is 0.234. The van der Waals surface area contributed by atoms with Crippen LogP contribution in [0.1, 0.15) is 5.56 Å². The largest absolute Gasteiger partial charge is 0.321 e. The summed E-state index contributed by atoms with van der Waals surface area (Å²) in [6, 6.07) is 5.61. The van der Waals surface area contributed by atoms with Crippen molar-refractivity contribution in [3.63, 3.8) is 0 Å². The predicted octanol–water partition coefficient (Wildman–Crippen LogP) is 0.233. The zero-order valence-corrected chi connectivity index (χ0v) is 9.89. The van der Waals surface area contributed by atoms with Gasteiger partial charge in [-0.2, -0.15) is 8.42 Å². The van der Waals surface area contributed by atoms with Crippen LogP contribution in [-0.2, 0) is 17.9 Å². The number of aryl methyl sites for hydroxylation is 1. The minimum Gasteiger partial charge on any atom is -0.206 e. The van der Waals surface area contributed by atoms with Gasteiger partial charge in [0, 0.05) is 0 Å². The lowest BCUT2D eigenvalue weighted by molar-refractivity contribution is 0.578. The summed E-state index contributed by atoms with van der Waals surface area (Å²) in [4.78, 5) is -0.234. The average Bonchev–Trinajstić information content (AvgIpc) is 2.18. The number of nitrogens with one attached hydrogen (secondary N) is 1. The summed E-state index contributed by atoms with van der Waals surface area (Å²) in [6.45, 7) is 1.78. The Labute approximate surface area is 88.5 Å². The van der Waals surface area contributed by atoms with Crippen molar-refractivity contribution in [3.05, 3.63) is 29.8 Å². The molecule has 0 bridgehead atoms. The minimum atomic E-state index is -4.34. The van der Waals surface area contributed by atoms with E-state index in [2.05, 4.69) is 0 Å². The highest BCUT2D eigenvalue weighted by Crippen LogP contribution is 2.16. The van der Waals surface area contributed by atoms with Crippen molar-refractivity contribution in [3.8, 4) is 0 Å². The molecule has 0 atom stereocenters. The summed E-state index contributed by atoms with van der Waals surface area (Å²) in [5.74, 6) is 0. The number of rotatable bonds is 3. The van der Waals surface area contributed by atoms with Crippen LogP contribution >= 0.6 is 0 Å². The third-order valence-electron chi connectivity index (χ3n) is 1.85. The molecule has 0 aliphatic heterocycles. The van der Waals surface area contributed by atoms with Gasteiger partial charge in [-0.05, 0) is 26.1 Å². The summed E-state index contributed by atoms with van der Waals surface area (Å²) in [5, 5.41) is 0. The van der Waals surface area contributed by atoms with Crippen LogP contribution in [0.4, 0.5) is 0 Å². The summed E-state index contributed by atoms with van der Waals surface area (Å²) >= 11 is 0. The molecule has 1 aromatic carbocycles. The number of hydrogen-bond donors (Lipinski definition) is 1. The highest BCUT2D eigenvalue weighted by atomic mass is 33.2. The molecule has 0 radical (unpaired) electrons. The number of benzene rings is 1. The molecule has 84 valence electrons. The molecular weight excluding hydrogens is 238 g/mol. The van der Waals surface area contributed by atoms with E-state index in [-0.39, 0.29) is 4.90 Å². The fraction of sp³-hybridized carbons (Fsp3) is 0.250. The van der Waals surface area contributed by atoms with Crippen LogP contribution in [0, 0.1) is 6.92 Å². The molecule has 0 saturated carbocycles. The van der Waals surface area contributed by atoms with Crippen molar-refractivity contribution in [2.24, 2.45) is 0 Å². The molecule has 0 aliphatic rings. The second-order valence-corrected chi connectivity index (χ2v) is 8.25. The van der Waals surface area contributed by atoms with E-state index in [1.54, 1.807) is 11.6 Å². The Morgan fingerprint density at radius 3 is 1.87 bits per heavy atom. The molecule has 0 heterocycles. The van der Waals surface area contributed by atoms with Crippen LogP contribution in [-0.4, -0.2) is 23.9 Å². The van der Waals surface area contributed by atoms with Gasteiger partial charge in [0.15, 0.2) is 0 Å². The second kappa shape index (κ2) is 3.92. The Morgan fingerprint density at radius 1 is 1.00 bits per heavy atom. The van der Waals surface area contributed by atoms with E-state index in [4.69, 9.17) is 0 Å². The fourth-order valence-corrected chi connectivity index (χ4v) is 3.64. The van der Waals surface area contributed by atoms with Crippen molar-refractivity contribution < 1.29 is 16.8 Å². The van der Waals surface area contributed by atoms with E-state index in [1.807, 2.05) is 0 Å². The van der Waals surface area contributed by atoms with Crippen LogP contribution < -0.4 is 4.72 Å². The van der Waals surface area contributed by atoms with Crippen LogP contribution in [0.3, 0.4) is 0 Å². The maximum Gasteiger partial charge on any atom is 0.321 e. The van der Waals surface area contributed by atoms with E-state index in [0.29, 0.717) is 0 Å². The lowest BCUT2D eigenvalue weighted by Gasteiger charge is -2.04. The molecule has 15 heavy (non-hydrogen) atoms. The van der Waals surface area contributed by atoms with Gasteiger partial charge in [0.1, 0.15) is 0 Å². The SMILES string of the molecule is CNS(=O)(=O)S(=O)(=O)c1ccc(C)cc1. The molecule has 0 spiro atoms. The smallest absolute Gasteiger partial charge is 0.206 e. The van der Waals surface area contributed by atoms with Crippen molar-refractivity contribution in [2.45, 2.75) is 11.8 Å². The number of hydrogen-bond acceptors (Lipinski definition) is 4. The molecule has 0 saturated heterocycles. The monoisotopic (exact) mass is 249 g/mol. The van der Waals surface area contributed by atoms with Crippen LogP contribution in [0.15, 0.2) is 29.2 Å². The molecular formula is C8H11NO4S2. The average molecular weight is 249 g/mol. The maximum absolute atomic E-state index is 11.5. The van der Waals surface area contributed by atoms with E-state index >= 15 is 0 Å². The molecule has 1 N–H and O–H groups in total. The van der Waals surface area contributed by atoms with Gasteiger partial charge in [0.2, 0.25) is 0 Å². The molecule has 0 amide bonds. The van der Waals surface area contributed by atoms with Crippen LogP contribution in [0.25, 0.3) is 0 Å². The molecule has 5 nitrogen and oxygen atoms in total. The molecule has 1 rings (SSSR count). The summed E-state index contributed by atoms with van der Waals surface area (Å²) < 4.78 is 47.3. The van der Waals surface area contributed by atoms with Gasteiger partial charge in [0.25, 0.3) is 8.87 Å². The van der Waals surface area contributed by atoms with Crippen LogP contribution in [0.2, 0.25) is 0 Å².